The fourth-order valence-electron chi connectivity index (χ4n) is 3.35. The largest absolute Gasteiger partial charge is 0.481 e. The highest BCUT2D eigenvalue weighted by molar-refractivity contribution is 7.98. The van der Waals surface area contributed by atoms with Gasteiger partial charge in [0.1, 0.15) is 6.04 Å². The van der Waals surface area contributed by atoms with Crippen molar-refractivity contribution in [2.45, 2.75) is 24.0 Å². The number of rotatable bonds is 5. The highest BCUT2D eigenvalue weighted by Gasteiger charge is 2.30. The Kier molecular flexibility index (Phi) is 5.63. The average Bonchev–Trinajstić information content (AvgIpc) is 3.07. The van der Waals surface area contributed by atoms with Crippen LogP contribution >= 0.6 is 35.0 Å². The summed E-state index contributed by atoms with van der Waals surface area (Å²) in [6.07, 6.45) is 2.17. The molecular weight excluding hydrogens is 431 g/mol. The highest BCUT2D eigenvalue weighted by atomic mass is 35.5. The van der Waals surface area contributed by atoms with E-state index in [1.165, 1.54) is 11.8 Å². The number of fused-ring (bicyclic) bond motifs is 3. The SMILES string of the molecule is CSc1nnc2n1-c1ccc(Cl)cc1C(c1ccccc1Cl)=N[C@H]2CCC(=O)O. The van der Waals surface area contributed by atoms with E-state index in [9.17, 15) is 9.90 Å². The zero-order valence-electron chi connectivity index (χ0n) is 15.3. The first kappa shape index (κ1) is 19.9. The minimum atomic E-state index is -0.888. The van der Waals surface area contributed by atoms with E-state index in [0.29, 0.717) is 26.7 Å². The van der Waals surface area contributed by atoms with Crippen molar-refractivity contribution >= 4 is 46.6 Å². The van der Waals surface area contributed by atoms with Crippen LogP contribution in [0, 0.1) is 0 Å². The minimum Gasteiger partial charge on any atom is -0.481 e. The summed E-state index contributed by atoms with van der Waals surface area (Å²) in [5, 5.41) is 19.6. The summed E-state index contributed by atoms with van der Waals surface area (Å²) in [7, 11) is 0. The maximum atomic E-state index is 11.2. The quantitative estimate of drug-likeness (QED) is 0.554. The second-order valence-electron chi connectivity index (χ2n) is 6.45. The molecule has 4 rings (SSSR count). The van der Waals surface area contributed by atoms with Gasteiger partial charge in [-0.05, 0) is 36.9 Å². The van der Waals surface area contributed by atoms with Crippen molar-refractivity contribution in [1.29, 1.82) is 0 Å². The van der Waals surface area contributed by atoms with Gasteiger partial charge in [-0.15, -0.1) is 10.2 Å². The molecule has 29 heavy (non-hydrogen) atoms. The van der Waals surface area contributed by atoms with Crippen LogP contribution in [0.15, 0.2) is 52.6 Å². The lowest BCUT2D eigenvalue weighted by molar-refractivity contribution is -0.137. The lowest BCUT2D eigenvalue weighted by Gasteiger charge is -2.14. The van der Waals surface area contributed by atoms with Gasteiger partial charge in [0.15, 0.2) is 11.0 Å². The van der Waals surface area contributed by atoms with Gasteiger partial charge in [-0.3, -0.25) is 14.4 Å². The van der Waals surface area contributed by atoms with Crippen LogP contribution in [0.5, 0.6) is 0 Å². The molecule has 1 aliphatic rings. The van der Waals surface area contributed by atoms with Crippen LogP contribution < -0.4 is 0 Å². The van der Waals surface area contributed by atoms with Crippen molar-refractivity contribution in [3.05, 3.63) is 69.5 Å². The Morgan fingerprint density at radius 2 is 1.97 bits per heavy atom. The van der Waals surface area contributed by atoms with E-state index in [4.69, 9.17) is 28.2 Å². The molecule has 0 spiro atoms. The maximum Gasteiger partial charge on any atom is 0.303 e. The highest BCUT2D eigenvalue weighted by Crippen LogP contribution is 2.36. The van der Waals surface area contributed by atoms with Crippen LogP contribution in [0.2, 0.25) is 10.0 Å². The van der Waals surface area contributed by atoms with Gasteiger partial charge in [-0.2, -0.15) is 0 Å². The van der Waals surface area contributed by atoms with E-state index in [-0.39, 0.29) is 12.8 Å². The number of aliphatic carboxylic acids is 1. The van der Waals surface area contributed by atoms with Gasteiger partial charge < -0.3 is 5.11 Å². The summed E-state index contributed by atoms with van der Waals surface area (Å²) >= 11 is 14.3. The van der Waals surface area contributed by atoms with Crippen molar-refractivity contribution in [3.63, 3.8) is 0 Å². The third-order valence-corrected chi connectivity index (χ3v) is 5.83. The van der Waals surface area contributed by atoms with Crippen molar-refractivity contribution in [3.8, 4) is 5.69 Å². The second kappa shape index (κ2) is 8.18. The minimum absolute atomic E-state index is 0.0392. The van der Waals surface area contributed by atoms with Gasteiger partial charge in [0.05, 0.1) is 11.4 Å². The normalized spacial score (nSPS) is 15.3. The van der Waals surface area contributed by atoms with Crippen molar-refractivity contribution in [2.24, 2.45) is 4.99 Å². The fourth-order valence-corrected chi connectivity index (χ4v) is 4.25. The maximum absolute atomic E-state index is 11.2. The third kappa shape index (κ3) is 3.77. The standard InChI is InChI=1S/C20H16Cl2N4O2S/c1-29-20-25-24-19-15(7-9-17(27)28)23-18(12-4-2-3-5-14(12)22)13-10-11(21)6-8-16(13)26(19)20/h2-6,8,10,15H,7,9H2,1H3,(H,27,28)/t15-/m0/s1. The van der Waals surface area contributed by atoms with E-state index in [2.05, 4.69) is 10.2 Å². The Bertz CT molecular complexity index is 1130. The Balaban J connectivity index is 2.01. The molecular formula is C20H16Cl2N4O2S. The molecule has 0 saturated carbocycles. The number of hydrogen-bond donors (Lipinski definition) is 1. The van der Waals surface area contributed by atoms with E-state index in [1.54, 1.807) is 12.1 Å². The van der Waals surface area contributed by atoms with Gasteiger partial charge in [-0.25, -0.2) is 0 Å². The molecule has 9 heteroatoms. The van der Waals surface area contributed by atoms with Crippen molar-refractivity contribution < 1.29 is 9.90 Å². The van der Waals surface area contributed by atoms with Gasteiger partial charge in [0.25, 0.3) is 0 Å². The molecule has 0 radical (unpaired) electrons. The third-order valence-electron chi connectivity index (χ3n) is 4.64. The molecule has 0 saturated heterocycles. The van der Waals surface area contributed by atoms with E-state index >= 15 is 0 Å². The molecule has 0 unspecified atom stereocenters. The lowest BCUT2D eigenvalue weighted by atomic mass is 10.00. The number of carboxylic acid groups (broad SMARTS) is 1. The van der Waals surface area contributed by atoms with Crippen LogP contribution in [0.1, 0.15) is 35.8 Å². The number of nitrogens with zero attached hydrogens (tertiary/aromatic N) is 4. The van der Waals surface area contributed by atoms with Crippen LogP contribution in [0.3, 0.4) is 0 Å². The van der Waals surface area contributed by atoms with E-state index in [0.717, 1.165) is 16.8 Å². The van der Waals surface area contributed by atoms with Gasteiger partial charge in [-0.1, -0.05) is 53.2 Å². The molecule has 0 bridgehead atoms. The first-order chi connectivity index (χ1) is 14.0. The smallest absolute Gasteiger partial charge is 0.303 e. The molecule has 0 fully saturated rings. The topological polar surface area (TPSA) is 80.4 Å². The summed E-state index contributed by atoms with van der Waals surface area (Å²) in [6, 6.07) is 12.5. The summed E-state index contributed by atoms with van der Waals surface area (Å²) in [6.45, 7) is 0. The Labute approximate surface area is 181 Å². The number of thioether (sulfide) groups is 1. The molecule has 1 N–H and O–H groups in total. The number of hydrogen-bond acceptors (Lipinski definition) is 5. The lowest BCUT2D eigenvalue weighted by Crippen LogP contribution is -2.08. The van der Waals surface area contributed by atoms with Crippen LogP contribution in [0.25, 0.3) is 5.69 Å². The fraction of sp³-hybridized carbons (Fsp3) is 0.200. The molecule has 0 aliphatic carbocycles. The number of aromatic nitrogens is 3. The number of benzene rings is 2. The second-order valence-corrected chi connectivity index (χ2v) is 8.06. The van der Waals surface area contributed by atoms with Gasteiger partial charge in [0, 0.05) is 27.6 Å². The summed E-state index contributed by atoms with van der Waals surface area (Å²) < 4.78 is 1.93. The average molecular weight is 447 g/mol. The summed E-state index contributed by atoms with van der Waals surface area (Å²) in [4.78, 5) is 16.2. The first-order valence-electron chi connectivity index (χ1n) is 8.83. The Morgan fingerprint density at radius 3 is 2.69 bits per heavy atom. The molecule has 2 aromatic carbocycles. The van der Waals surface area contributed by atoms with Gasteiger partial charge in [0.2, 0.25) is 0 Å². The van der Waals surface area contributed by atoms with Crippen LogP contribution in [-0.4, -0.2) is 37.8 Å². The molecule has 1 aliphatic heterocycles. The molecule has 1 aromatic heterocycles. The number of carboxylic acids is 1. The zero-order chi connectivity index (χ0) is 20.5. The van der Waals surface area contributed by atoms with Crippen molar-refractivity contribution in [1.82, 2.24) is 14.8 Å². The summed E-state index contributed by atoms with van der Waals surface area (Å²) in [5.74, 6) is -0.290. The predicted octanol–water partition coefficient (Wildman–Crippen LogP) is 5.05. The predicted molar refractivity (Wildman–Crippen MR) is 115 cm³/mol. The summed E-state index contributed by atoms with van der Waals surface area (Å²) in [5.41, 5.74) is 3.03. The number of halogens is 2. The zero-order valence-corrected chi connectivity index (χ0v) is 17.7. The van der Waals surface area contributed by atoms with E-state index < -0.39 is 12.0 Å². The Hall–Kier alpha value is -2.35. The number of aliphatic imine (C=N–C) groups is 1. The van der Waals surface area contributed by atoms with Crippen LogP contribution in [0.4, 0.5) is 0 Å². The Morgan fingerprint density at radius 1 is 1.17 bits per heavy atom. The molecule has 3 aromatic rings. The number of carbonyl (C=O) groups is 1. The monoisotopic (exact) mass is 446 g/mol. The van der Waals surface area contributed by atoms with Crippen molar-refractivity contribution in [2.75, 3.05) is 6.26 Å². The first-order valence-corrected chi connectivity index (χ1v) is 10.8. The molecule has 6 nitrogen and oxygen atoms in total. The molecule has 148 valence electrons. The van der Waals surface area contributed by atoms with E-state index in [1.807, 2.05) is 41.2 Å². The van der Waals surface area contributed by atoms with Gasteiger partial charge >= 0.3 is 5.97 Å². The molecule has 1 atom stereocenters. The molecule has 2 heterocycles. The molecule has 0 amide bonds. The van der Waals surface area contributed by atoms with Crippen LogP contribution in [-0.2, 0) is 4.79 Å².